The maximum absolute atomic E-state index is 13.1. The molecule has 0 aromatic carbocycles. The maximum atomic E-state index is 13.1. The van der Waals surface area contributed by atoms with E-state index in [2.05, 4.69) is 198 Å². The molecule has 0 aromatic heterocycles. The zero-order valence-corrected chi connectivity index (χ0v) is 67.6. The van der Waals surface area contributed by atoms with Crippen LogP contribution >= 0.6 is 15.6 Å². The molecule has 17 nitrogen and oxygen atoms in total. The molecule has 602 valence electrons. The van der Waals surface area contributed by atoms with Gasteiger partial charge in [0.15, 0.2) is 12.2 Å². The van der Waals surface area contributed by atoms with Crippen molar-refractivity contribution >= 4 is 39.5 Å². The van der Waals surface area contributed by atoms with Crippen molar-refractivity contribution in [3.05, 3.63) is 170 Å². The van der Waals surface area contributed by atoms with E-state index in [-0.39, 0.29) is 25.7 Å². The van der Waals surface area contributed by atoms with Crippen LogP contribution in [0.3, 0.4) is 0 Å². The fraction of sp³-hybridized carbons (Fsp3) is 0.632. The average Bonchev–Trinajstić information content (AvgIpc) is 0.901. The summed E-state index contributed by atoms with van der Waals surface area (Å²) in [5, 5.41) is 10.6. The highest BCUT2D eigenvalue weighted by Gasteiger charge is 2.30. The molecule has 0 aromatic rings. The van der Waals surface area contributed by atoms with E-state index in [0.717, 1.165) is 180 Å². The Morgan fingerprint density at radius 2 is 0.491 bits per heavy atom. The van der Waals surface area contributed by atoms with Gasteiger partial charge in [0.2, 0.25) is 0 Å². The summed E-state index contributed by atoms with van der Waals surface area (Å²) < 4.78 is 68.6. The van der Waals surface area contributed by atoms with Gasteiger partial charge in [0.1, 0.15) is 19.3 Å². The number of aliphatic hydroxyl groups is 1. The standard InChI is InChI=1S/C87H142O17P2/c1-5-9-13-17-21-25-29-32-35-38-40-43-46-49-53-56-60-64-68-72-85(90)98-78-83(104-87(92)74-70-66-62-58-54-50-47-44-41-39-36-33-30-26-22-18-14-10-6-2)80-102-106(95,96)100-76-81(88)75-99-105(93,94)101-79-82(103-86(91)73-69-65-61-57-51-28-24-20-16-12-8-4)77-97-84(89)71-67-63-59-55-52-48-45-42-37-34-31-27-23-19-15-11-7-3/h9-11,13-15,21-23,25-27,32-37,40-41,43-45,48-50,53-54,81-83,88H,5-8,12,16-20,24,28-31,38-39,42,46-47,51-52,55-80H2,1-4H3,(H,93,94)(H,95,96)/b13-9-,14-10-,15-11-,25-21-,26-22-,27-23-,35-32-,36-33-,37-34-,43-40-,44-41-,48-45-,53-49-,54-50-. The lowest BCUT2D eigenvalue weighted by Gasteiger charge is -2.21. The fourth-order valence-corrected chi connectivity index (χ4v) is 11.7. The highest BCUT2D eigenvalue weighted by atomic mass is 31.2. The predicted molar refractivity (Wildman–Crippen MR) is 436 cm³/mol. The quantitative estimate of drug-likeness (QED) is 0.0169. The van der Waals surface area contributed by atoms with Gasteiger partial charge in [-0.15, -0.1) is 0 Å². The number of esters is 4. The number of phosphoric acid groups is 2. The molecule has 0 bridgehead atoms. The van der Waals surface area contributed by atoms with Crippen LogP contribution < -0.4 is 0 Å². The first-order chi connectivity index (χ1) is 51.7. The molecule has 0 heterocycles. The van der Waals surface area contributed by atoms with Crippen LogP contribution in [0.5, 0.6) is 0 Å². The molecule has 0 aliphatic rings. The van der Waals surface area contributed by atoms with E-state index in [9.17, 15) is 43.2 Å². The summed E-state index contributed by atoms with van der Waals surface area (Å²) in [5.74, 6) is -2.28. The molecule has 5 unspecified atom stereocenters. The van der Waals surface area contributed by atoms with Gasteiger partial charge in [0.05, 0.1) is 26.4 Å². The highest BCUT2D eigenvalue weighted by Crippen LogP contribution is 2.45. The van der Waals surface area contributed by atoms with Crippen molar-refractivity contribution in [3.8, 4) is 0 Å². The largest absolute Gasteiger partial charge is 0.472 e. The zero-order chi connectivity index (χ0) is 77.4. The van der Waals surface area contributed by atoms with Crippen LogP contribution in [-0.2, 0) is 65.4 Å². The Morgan fingerprint density at radius 3 is 0.764 bits per heavy atom. The first-order valence-electron chi connectivity index (χ1n) is 40.4. The average molecular weight is 1520 g/mol. The van der Waals surface area contributed by atoms with Crippen molar-refractivity contribution in [3.63, 3.8) is 0 Å². The third-order valence-corrected chi connectivity index (χ3v) is 18.1. The van der Waals surface area contributed by atoms with Crippen molar-refractivity contribution in [1.29, 1.82) is 0 Å². The third-order valence-electron chi connectivity index (χ3n) is 16.2. The zero-order valence-electron chi connectivity index (χ0n) is 65.8. The van der Waals surface area contributed by atoms with E-state index in [1.807, 2.05) is 0 Å². The minimum absolute atomic E-state index is 0.0416. The monoisotopic (exact) mass is 1520 g/mol. The van der Waals surface area contributed by atoms with Crippen LogP contribution in [0.15, 0.2) is 170 Å². The first-order valence-corrected chi connectivity index (χ1v) is 43.4. The van der Waals surface area contributed by atoms with Crippen LogP contribution in [0.4, 0.5) is 0 Å². The van der Waals surface area contributed by atoms with E-state index in [1.165, 1.54) is 38.5 Å². The number of aliphatic hydroxyl groups excluding tert-OH is 1. The molecule has 106 heavy (non-hydrogen) atoms. The summed E-state index contributed by atoms with van der Waals surface area (Å²) >= 11 is 0. The number of carbonyl (C=O) groups excluding carboxylic acids is 4. The van der Waals surface area contributed by atoms with Gasteiger partial charge in [-0.05, 0) is 154 Å². The predicted octanol–water partition coefficient (Wildman–Crippen LogP) is 23.8. The number of ether oxygens (including phenoxy) is 4. The molecule has 0 spiro atoms. The Kier molecular flexibility index (Phi) is 73.5. The second-order valence-corrected chi connectivity index (χ2v) is 29.1. The maximum Gasteiger partial charge on any atom is 0.472 e. The van der Waals surface area contributed by atoms with E-state index in [0.29, 0.717) is 25.7 Å². The molecular weight excluding hydrogens is 1380 g/mol. The summed E-state index contributed by atoms with van der Waals surface area (Å²) in [7, 11) is -10.00. The van der Waals surface area contributed by atoms with E-state index in [1.54, 1.807) is 0 Å². The van der Waals surface area contributed by atoms with E-state index < -0.39 is 97.5 Å². The SMILES string of the molecule is CC/C=C\C/C=C\C/C=C\C/C=C\C/C=C\CCCCCC(=O)OCC(COP(=O)(O)OCC(O)COP(=O)(O)OCC(COC(=O)CCCCCC/C=C\C/C=C\C/C=C\C/C=C\CC)OC(=O)CCCCCCCCCCCCC)OC(=O)CCCCC/C=C\C/C=C\C/C=C\C/C=C\C/C=C\CC. The molecule has 0 saturated heterocycles. The molecular formula is C87H142O17P2. The van der Waals surface area contributed by atoms with Crippen LogP contribution in [0, 0.1) is 0 Å². The number of hydrogen-bond donors (Lipinski definition) is 3. The molecule has 0 aliphatic heterocycles. The van der Waals surface area contributed by atoms with Gasteiger partial charge in [-0.25, -0.2) is 9.13 Å². The lowest BCUT2D eigenvalue weighted by atomic mass is 10.1. The van der Waals surface area contributed by atoms with Gasteiger partial charge in [0, 0.05) is 25.7 Å². The lowest BCUT2D eigenvalue weighted by Crippen LogP contribution is -2.30. The summed E-state index contributed by atoms with van der Waals surface area (Å²) in [6.07, 6.45) is 91.9. The number of hydrogen-bond acceptors (Lipinski definition) is 15. The third kappa shape index (κ3) is 76.6. The van der Waals surface area contributed by atoms with Gasteiger partial charge in [-0.2, -0.15) is 0 Å². The second-order valence-electron chi connectivity index (χ2n) is 26.2. The number of rotatable bonds is 74. The fourth-order valence-electron chi connectivity index (χ4n) is 10.1. The minimum atomic E-state index is -5.00. The summed E-state index contributed by atoms with van der Waals surface area (Å²) in [5.41, 5.74) is 0. The Morgan fingerprint density at radius 1 is 0.274 bits per heavy atom. The van der Waals surface area contributed by atoms with Gasteiger partial charge in [-0.3, -0.25) is 37.3 Å². The highest BCUT2D eigenvalue weighted by molar-refractivity contribution is 7.47. The molecule has 0 saturated carbocycles. The molecule has 0 fully saturated rings. The molecule has 0 radical (unpaired) electrons. The lowest BCUT2D eigenvalue weighted by molar-refractivity contribution is -0.161. The van der Waals surface area contributed by atoms with Crippen LogP contribution in [-0.4, -0.2) is 96.7 Å². The summed E-state index contributed by atoms with van der Waals surface area (Å²) in [4.78, 5) is 73.0. The first kappa shape index (κ1) is 100. The molecule has 19 heteroatoms. The van der Waals surface area contributed by atoms with Crippen molar-refractivity contribution in [2.75, 3.05) is 39.6 Å². The van der Waals surface area contributed by atoms with Crippen molar-refractivity contribution < 1.29 is 80.2 Å². The van der Waals surface area contributed by atoms with Crippen LogP contribution in [0.2, 0.25) is 0 Å². The van der Waals surface area contributed by atoms with E-state index in [4.69, 9.17) is 37.0 Å². The van der Waals surface area contributed by atoms with Crippen molar-refractivity contribution in [1.82, 2.24) is 0 Å². The summed E-state index contributed by atoms with van der Waals surface area (Å²) in [6, 6.07) is 0. The molecule has 0 aliphatic carbocycles. The van der Waals surface area contributed by atoms with Gasteiger partial charge in [0.25, 0.3) is 0 Å². The van der Waals surface area contributed by atoms with Crippen LogP contribution in [0.1, 0.15) is 297 Å². The smallest absolute Gasteiger partial charge is 0.462 e. The number of carbonyl (C=O) groups is 4. The molecule has 3 N–H and O–H groups in total. The minimum Gasteiger partial charge on any atom is -0.462 e. The van der Waals surface area contributed by atoms with Crippen LogP contribution in [0.25, 0.3) is 0 Å². The number of unbranched alkanes of at least 4 members (excludes halogenated alkanes) is 20. The van der Waals surface area contributed by atoms with E-state index >= 15 is 0 Å². The topological polar surface area (TPSA) is 237 Å². The Bertz CT molecular complexity index is 2680. The molecule has 5 atom stereocenters. The van der Waals surface area contributed by atoms with Gasteiger partial charge < -0.3 is 33.8 Å². The van der Waals surface area contributed by atoms with Gasteiger partial charge >= 0.3 is 39.5 Å². The second kappa shape index (κ2) is 77.6. The Hall–Kier alpha value is -5.58. The Labute approximate surface area is 642 Å². The summed E-state index contributed by atoms with van der Waals surface area (Å²) in [6.45, 7) is 4.42. The molecule has 0 amide bonds. The molecule has 0 rings (SSSR count). The normalized spacial score (nSPS) is 14.7. The van der Waals surface area contributed by atoms with Crippen molar-refractivity contribution in [2.24, 2.45) is 0 Å². The Balaban J connectivity index is 5.45. The number of phosphoric ester groups is 2. The number of allylic oxidation sites excluding steroid dienone is 28. The van der Waals surface area contributed by atoms with Gasteiger partial charge in [-0.1, -0.05) is 288 Å². The van der Waals surface area contributed by atoms with Crippen molar-refractivity contribution in [2.45, 2.75) is 316 Å².